The van der Waals surface area contributed by atoms with E-state index in [2.05, 4.69) is 27.3 Å². The molecule has 0 spiro atoms. The maximum Gasteiger partial charge on any atom is 0.255 e. The van der Waals surface area contributed by atoms with Crippen LogP contribution in [0, 0.1) is 5.82 Å². The average molecular weight is 427 g/mol. The molecule has 1 amide bonds. The van der Waals surface area contributed by atoms with Gasteiger partial charge in [0.25, 0.3) is 5.91 Å². The first-order chi connectivity index (χ1) is 14.7. The lowest BCUT2D eigenvalue weighted by Gasteiger charge is -2.34. The van der Waals surface area contributed by atoms with Gasteiger partial charge in [-0.25, -0.2) is 4.39 Å². The van der Waals surface area contributed by atoms with Crippen molar-refractivity contribution in [2.24, 2.45) is 0 Å². The highest BCUT2D eigenvalue weighted by atomic mass is 32.2. The predicted molar refractivity (Wildman–Crippen MR) is 113 cm³/mol. The first-order valence-corrected chi connectivity index (χ1v) is 10.9. The summed E-state index contributed by atoms with van der Waals surface area (Å²) in [6, 6.07) is 13.9. The van der Waals surface area contributed by atoms with E-state index < -0.39 is 0 Å². The maximum atomic E-state index is 13.2. The number of hydrogen-bond donors (Lipinski definition) is 0. The van der Waals surface area contributed by atoms with E-state index in [1.807, 2.05) is 29.2 Å². The number of carbonyl (C=O) groups excluding carboxylic acids is 1. The van der Waals surface area contributed by atoms with Crippen molar-refractivity contribution in [3.8, 4) is 5.69 Å². The van der Waals surface area contributed by atoms with Crippen molar-refractivity contribution in [3.05, 3.63) is 65.7 Å². The Morgan fingerprint density at radius 2 is 1.80 bits per heavy atom. The number of thioether (sulfide) groups is 1. The monoisotopic (exact) mass is 426 g/mol. The number of hydrogen-bond acceptors (Lipinski definition) is 6. The Morgan fingerprint density at radius 1 is 1.07 bits per heavy atom. The molecule has 156 valence electrons. The van der Waals surface area contributed by atoms with Gasteiger partial charge in [0.2, 0.25) is 0 Å². The van der Waals surface area contributed by atoms with Crippen molar-refractivity contribution in [1.82, 2.24) is 30.0 Å². The first-order valence-electron chi connectivity index (χ1n) is 9.92. The van der Waals surface area contributed by atoms with Gasteiger partial charge in [0.05, 0.1) is 17.8 Å². The van der Waals surface area contributed by atoms with Crippen molar-refractivity contribution in [1.29, 1.82) is 0 Å². The van der Waals surface area contributed by atoms with Crippen LogP contribution in [-0.4, -0.2) is 67.8 Å². The topological polar surface area (TPSA) is 67.2 Å². The Kier molecular flexibility index (Phi) is 6.39. The molecular formula is C21H23FN6OS. The Bertz CT molecular complexity index is 1000. The van der Waals surface area contributed by atoms with E-state index in [1.165, 1.54) is 12.1 Å². The number of carbonyl (C=O) groups is 1. The van der Waals surface area contributed by atoms with Crippen LogP contribution in [-0.2, 0) is 6.54 Å². The number of halogens is 1. The lowest BCUT2D eigenvalue weighted by molar-refractivity contribution is 0.0621. The zero-order chi connectivity index (χ0) is 20.9. The van der Waals surface area contributed by atoms with Crippen molar-refractivity contribution < 1.29 is 9.18 Å². The van der Waals surface area contributed by atoms with Gasteiger partial charge in [-0.05, 0) is 52.6 Å². The summed E-state index contributed by atoms with van der Waals surface area (Å²) in [7, 11) is 0. The summed E-state index contributed by atoms with van der Waals surface area (Å²) in [6.07, 6.45) is 0. The molecule has 2 heterocycles. The lowest BCUT2D eigenvalue weighted by Crippen LogP contribution is -2.48. The second kappa shape index (κ2) is 9.36. The normalized spacial score (nSPS) is 14.8. The van der Waals surface area contributed by atoms with Gasteiger partial charge < -0.3 is 4.90 Å². The number of amides is 1. The third kappa shape index (κ3) is 4.52. The third-order valence-corrected chi connectivity index (χ3v) is 6.00. The predicted octanol–water partition coefficient (Wildman–Crippen LogP) is 2.87. The fourth-order valence-electron chi connectivity index (χ4n) is 3.49. The quantitative estimate of drug-likeness (QED) is 0.565. The number of nitrogens with zero attached hydrogens (tertiary/aromatic N) is 6. The van der Waals surface area contributed by atoms with Gasteiger partial charge in [-0.1, -0.05) is 19.1 Å². The van der Waals surface area contributed by atoms with E-state index in [0.29, 0.717) is 25.5 Å². The highest BCUT2D eigenvalue weighted by Gasteiger charge is 2.25. The van der Waals surface area contributed by atoms with Crippen LogP contribution < -0.4 is 0 Å². The summed E-state index contributed by atoms with van der Waals surface area (Å²) in [6.45, 7) is 5.44. The van der Waals surface area contributed by atoms with Crippen molar-refractivity contribution in [2.75, 3.05) is 31.9 Å². The summed E-state index contributed by atoms with van der Waals surface area (Å²) in [5.74, 6) is 1.41. The molecule has 0 unspecified atom stereocenters. The molecule has 1 fully saturated rings. The molecule has 1 aliphatic rings. The van der Waals surface area contributed by atoms with Gasteiger partial charge in [-0.2, -0.15) is 4.68 Å². The molecule has 4 rings (SSSR count). The highest BCUT2D eigenvalue weighted by molar-refractivity contribution is 7.99. The van der Waals surface area contributed by atoms with Crippen LogP contribution in [0.3, 0.4) is 0 Å². The summed E-state index contributed by atoms with van der Waals surface area (Å²) in [5, 5.41) is 11.9. The molecule has 0 aliphatic carbocycles. The Labute approximate surface area is 178 Å². The summed E-state index contributed by atoms with van der Waals surface area (Å²) in [5.41, 5.74) is 1.49. The Balaban J connectivity index is 1.39. The molecule has 30 heavy (non-hydrogen) atoms. The van der Waals surface area contributed by atoms with E-state index in [4.69, 9.17) is 0 Å². The largest absolute Gasteiger partial charge is 0.336 e. The molecule has 1 saturated heterocycles. The van der Waals surface area contributed by atoms with Gasteiger partial charge in [-0.3, -0.25) is 9.69 Å². The van der Waals surface area contributed by atoms with Crippen LogP contribution in [0.4, 0.5) is 4.39 Å². The molecule has 9 heteroatoms. The summed E-state index contributed by atoms with van der Waals surface area (Å²) in [4.78, 5) is 18.2. The van der Waals surface area contributed by atoms with E-state index in [0.717, 1.165) is 35.0 Å². The fraction of sp³-hybridized carbons (Fsp3) is 0.333. The van der Waals surface area contributed by atoms with Crippen LogP contribution >= 0.6 is 11.8 Å². The smallest absolute Gasteiger partial charge is 0.255 e. The number of aromatic nitrogens is 4. The van der Waals surface area contributed by atoms with Crippen molar-refractivity contribution >= 4 is 17.7 Å². The van der Waals surface area contributed by atoms with Gasteiger partial charge in [0, 0.05) is 31.1 Å². The standard InChI is InChI=1S/C21H23FN6OS/c1-2-30-19-6-4-3-5-18(19)21(29)27-13-11-26(12-14-27)15-20-23-24-25-28(20)17-9-7-16(22)8-10-17/h3-10H,2,11-15H2,1H3. The van der Waals surface area contributed by atoms with Crippen LogP contribution in [0.5, 0.6) is 0 Å². The van der Waals surface area contributed by atoms with E-state index in [9.17, 15) is 9.18 Å². The molecule has 0 N–H and O–H groups in total. The van der Waals surface area contributed by atoms with Crippen molar-refractivity contribution in [2.45, 2.75) is 18.4 Å². The van der Waals surface area contributed by atoms with Crippen LogP contribution in [0.25, 0.3) is 5.69 Å². The average Bonchev–Trinajstić information content (AvgIpc) is 3.23. The Morgan fingerprint density at radius 3 is 2.53 bits per heavy atom. The summed E-state index contributed by atoms with van der Waals surface area (Å²) < 4.78 is 14.8. The van der Waals surface area contributed by atoms with Crippen LogP contribution in [0.1, 0.15) is 23.1 Å². The minimum Gasteiger partial charge on any atom is -0.336 e. The molecule has 0 atom stereocenters. The van der Waals surface area contributed by atoms with Gasteiger partial charge in [-0.15, -0.1) is 16.9 Å². The number of tetrazole rings is 1. The minimum absolute atomic E-state index is 0.0855. The van der Waals surface area contributed by atoms with Gasteiger partial charge >= 0.3 is 0 Å². The third-order valence-electron chi connectivity index (χ3n) is 5.05. The summed E-state index contributed by atoms with van der Waals surface area (Å²) >= 11 is 1.69. The molecule has 2 aromatic carbocycles. The molecule has 0 saturated carbocycles. The SMILES string of the molecule is CCSc1ccccc1C(=O)N1CCN(Cc2nnnn2-c2ccc(F)cc2)CC1. The van der Waals surface area contributed by atoms with Gasteiger partial charge in [0.15, 0.2) is 5.82 Å². The maximum absolute atomic E-state index is 13.2. The highest BCUT2D eigenvalue weighted by Crippen LogP contribution is 2.24. The fourth-order valence-corrected chi connectivity index (χ4v) is 4.29. The number of piperazine rings is 1. The number of rotatable bonds is 6. The second-order valence-electron chi connectivity index (χ2n) is 6.98. The second-order valence-corrected chi connectivity index (χ2v) is 8.29. The van der Waals surface area contributed by atoms with E-state index in [-0.39, 0.29) is 11.7 Å². The van der Waals surface area contributed by atoms with Gasteiger partial charge in [0.1, 0.15) is 5.82 Å². The molecule has 0 bridgehead atoms. The lowest BCUT2D eigenvalue weighted by atomic mass is 10.2. The molecular weight excluding hydrogens is 403 g/mol. The zero-order valence-corrected chi connectivity index (χ0v) is 17.6. The van der Waals surface area contributed by atoms with Crippen LogP contribution in [0.2, 0.25) is 0 Å². The zero-order valence-electron chi connectivity index (χ0n) is 16.7. The molecule has 1 aromatic heterocycles. The number of benzene rings is 2. The molecule has 3 aromatic rings. The molecule has 0 radical (unpaired) electrons. The van der Waals surface area contributed by atoms with Crippen molar-refractivity contribution in [3.63, 3.8) is 0 Å². The minimum atomic E-state index is -0.298. The Hall–Kier alpha value is -2.78. The van der Waals surface area contributed by atoms with E-state index >= 15 is 0 Å². The molecule has 7 nitrogen and oxygen atoms in total. The van der Waals surface area contributed by atoms with E-state index in [1.54, 1.807) is 28.6 Å². The molecule has 1 aliphatic heterocycles. The van der Waals surface area contributed by atoms with Crippen LogP contribution in [0.15, 0.2) is 53.4 Å². The first kappa shape index (κ1) is 20.5.